The van der Waals surface area contributed by atoms with E-state index >= 15 is 0 Å². The second-order valence-electron chi connectivity index (χ2n) is 6.56. The van der Waals surface area contributed by atoms with Gasteiger partial charge in [-0.25, -0.2) is 0 Å². The molecule has 2 saturated heterocycles. The molecular formula is C15H28N2O2. The summed E-state index contributed by atoms with van der Waals surface area (Å²) in [5.74, 6) is 0.226. The summed E-state index contributed by atoms with van der Waals surface area (Å²) >= 11 is 0. The van der Waals surface area contributed by atoms with Crippen LogP contribution in [0.5, 0.6) is 0 Å². The van der Waals surface area contributed by atoms with Crippen molar-refractivity contribution in [2.45, 2.75) is 58.6 Å². The van der Waals surface area contributed by atoms with E-state index in [2.05, 4.69) is 31.4 Å². The summed E-state index contributed by atoms with van der Waals surface area (Å²) in [6.45, 7) is 9.17. The first-order valence-electron chi connectivity index (χ1n) is 7.67. The molecule has 4 nitrogen and oxygen atoms in total. The van der Waals surface area contributed by atoms with E-state index in [0.29, 0.717) is 6.04 Å². The van der Waals surface area contributed by atoms with Gasteiger partial charge in [0.25, 0.3) is 0 Å². The quantitative estimate of drug-likeness (QED) is 0.816. The highest BCUT2D eigenvalue weighted by Crippen LogP contribution is 2.30. The molecule has 0 aromatic carbocycles. The lowest BCUT2D eigenvalue weighted by Gasteiger charge is -2.39. The van der Waals surface area contributed by atoms with Crippen molar-refractivity contribution in [3.63, 3.8) is 0 Å². The van der Waals surface area contributed by atoms with E-state index in [9.17, 15) is 4.79 Å². The zero-order valence-electron chi connectivity index (χ0n) is 12.5. The average molecular weight is 268 g/mol. The molecule has 4 heteroatoms. The molecule has 2 aliphatic rings. The lowest BCUT2D eigenvalue weighted by atomic mass is 9.77. The summed E-state index contributed by atoms with van der Waals surface area (Å²) in [5, 5.41) is 6.67. The predicted molar refractivity (Wildman–Crippen MR) is 76.0 cm³/mol. The van der Waals surface area contributed by atoms with Crippen molar-refractivity contribution in [3.05, 3.63) is 0 Å². The number of ether oxygens (including phenoxy) is 1. The van der Waals surface area contributed by atoms with Crippen LogP contribution < -0.4 is 10.6 Å². The monoisotopic (exact) mass is 268 g/mol. The number of nitrogens with one attached hydrogen (secondary N) is 2. The highest BCUT2D eigenvalue weighted by atomic mass is 16.5. The number of carbonyl (C=O) groups is 1. The van der Waals surface area contributed by atoms with Gasteiger partial charge in [0, 0.05) is 19.2 Å². The maximum Gasteiger partial charge on any atom is 0.225 e. The average Bonchev–Trinajstić information content (AvgIpc) is 2.85. The second kappa shape index (κ2) is 6.23. The molecule has 0 radical (unpaired) electrons. The number of hydrogen-bond acceptors (Lipinski definition) is 3. The lowest BCUT2D eigenvalue weighted by Crippen LogP contribution is -2.53. The van der Waals surface area contributed by atoms with Crippen molar-refractivity contribution in [2.75, 3.05) is 19.7 Å². The first-order chi connectivity index (χ1) is 9.04. The van der Waals surface area contributed by atoms with Gasteiger partial charge in [-0.3, -0.25) is 4.79 Å². The van der Waals surface area contributed by atoms with E-state index in [1.165, 1.54) is 12.8 Å². The number of amides is 1. The third-order valence-corrected chi connectivity index (χ3v) is 4.76. The second-order valence-corrected chi connectivity index (χ2v) is 6.56. The molecule has 2 heterocycles. The van der Waals surface area contributed by atoms with Crippen LogP contribution in [0.15, 0.2) is 0 Å². The number of hydrogen-bond donors (Lipinski definition) is 2. The summed E-state index contributed by atoms with van der Waals surface area (Å²) in [7, 11) is 0. The standard InChI is InChI=1S/C15H28N2O2/c1-4-12-11(6-9-19-12)14(18)17-10-13-15(2,3)7-5-8-16-13/h11-13,16H,4-10H2,1-3H3,(H,17,18). The van der Waals surface area contributed by atoms with Crippen molar-refractivity contribution in [1.29, 1.82) is 0 Å². The van der Waals surface area contributed by atoms with E-state index in [4.69, 9.17) is 4.74 Å². The Balaban J connectivity index is 1.83. The van der Waals surface area contributed by atoms with Crippen molar-refractivity contribution < 1.29 is 9.53 Å². The molecule has 110 valence electrons. The van der Waals surface area contributed by atoms with Crippen LogP contribution in [0.25, 0.3) is 0 Å². The fourth-order valence-electron chi connectivity index (χ4n) is 3.30. The molecule has 0 aromatic heterocycles. The van der Waals surface area contributed by atoms with E-state index < -0.39 is 0 Å². The maximum atomic E-state index is 12.2. The SMILES string of the molecule is CCC1OCCC1C(=O)NCC1NCCCC1(C)C. The third kappa shape index (κ3) is 3.48. The van der Waals surface area contributed by atoms with Gasteiger partial charge in [-0.1, -0.05) is 20.8 Å². The van der Waals surface area contributed by atoms with E-state index in [0.717, 1.165) is 32.5 Å². The molecule has 3 atom stereocenters. The molecule has 0 bridgehead atoms. The molecule has 0 spiro atoms. The zero-order valence-corrected chi connectivity index (χ0v) is 12.5. The highest BCUT2D eigenvalue weighted by Gasteiger charge is 2.35. The van der Waals surface area contributed by atoms with Crippen molar-refractivity contribution in [2.24, 2.45) is 11.3 Å². The Labute approximate surface area is 116 Å². The minimum absolute atomic E-state index is 0.0525. The molecule has 0 saturated carbocycles. The summed E-state index contributed by atoms with van der Waals surface area (Å²) in [6.07, 6.45) is 4.36. The number of rotatable bonds is 4. The minimum Gasteiger partial charge on any atom is -0.377 e. The van der Waals surface area contributed by atoms with Crippen LogP contribution >= 0.6 is 0 Å². The van der Waals surface area contributed by atoms with E-state index in [1.54, 1.807) is 0 Å². The normalized spacial score (nSPS) is 34.2. The van der Waals surface area contributed by atoms with Crippen molar-refractivity contribution in [3.8, 4) is 0 Å². The Kier molecular flexibility index (Phi) is 4.85. The third-order valence-electron chi connectivity index (χ3n) is 4.76. The zero-order chi connectivity index (χ0) is 13.9. The van der Waals surface area contributed by atoms with Gasteiger partial charge in [0.1, 0.15) is 0 Å². The van der Waals surface area contributed by atoms with Crippen LogP contribution in [-0.4, -0.2) is 37.7 Å². The Morgan fingerprint density at radius 3 is 2.95 bits per heavy atom. The van der Waals surface area contributed by atoms with Crippen LogP contribution in [0, 0.1) is 11.3 Å². The van der Waals surface area contributed by atoms with E-state index in [-0.39, 0.29) is 23.3 Å². The molecule has 0 aliphatic carbocycles. The number of carbonyl (C=O) groups excluding carboxylic acids is 1. The van der Waals surface area contributed by atoms with Gasteiger partial charge in [0.2, 0.25) is 5.91 Å². The lowest BCUT2D eigenvalue weighted by molar-refractivity contribution is -0.127. The van der Waals surface area contributed by atoms with Gasteiger partial charge in [-0.05, 0) is 37.6 Å². The van der Waals surface area contributed by atoms with Crippen molar-refractivity contribution >= 4 is 5.91 Å². The maximum absolute atomic E-state index is 12.2. The van der Waals surface area contributed by atoms with Gasteiger partial charge in [-0.2, -0.15) is 0 Å². The summed E-state index contributed by atoms with van der Waals surface area (Å²) in [6, 6.07) is 0.382. The number of piperidine rings is 1. The van der Waals surface area contributed by atoms with Crippen LogP contribution in [0.3, 0.4) is 0 Å². The molecule has 19 heavy (non-hydrogen) atoms. The molecule has 2 fully saturated rings. The topological polar surface area (TPSA) is 50.4 Å². The van der Waals surface area contributed by atoms with Gasteiger partial charge < -0.3 is 15.4 Å². The molecule has 0 aromatic rings. The summed E-state index contributed by atoms with van der Waals surface area (Å²) in [5.41, 5.74) is 0.266. The molecule has 2 aliphatic heterocycles. The van der Waals surface area contributed by atoms with Crippen LogP contribution in [0.2, 0.25) is 0 Å². The van der Waals surface area contributed by atoms with E-state index in [1.807, 2.05) is 0 Å². The van der Waals surface area contributed by atoms with Gasteiger partial charge in [0.15, 0.2) is 0 Å². The van der Waals surface area contributed by atoms with Crippen molar-refractivity contribution in [1.82, 2.24) is 10.6 Å². The Hall–Kier alpha value is -0.610. The summed E-state index contributed by atoms with van der Waals surface area (Å²) < 4.78 is 5.59. The smallest absolute Gasteiger partial charge is 0.225 e. The Morgan fingerprint density at radius 1 is 1.47 bits per heavy atom. The largest absolute Gasteiger partial charge is 0.377 e. The van der Waals surface area contributed by atoms with Crippen LogP contribution in [0.1, 0.15) is 46.5 Å². The summed E-state index contributed by atoms with van der Waals surface area (Å²) in [4.78, 5) is 12.2. The molecule has 1 amide bonds. The van der Waals surface area contributed by atoms with Gasteiger partial charge in [0.05, 0.1) is 12.0 Å². The Morgan fingerprint density at radius 2 is 2.26 bits per heavy atom. The van der Waals surface area contributed by atoms with Gasteiger partial charge >= 0.3 is 0 Å². The molecule has 2 N–H and O–H groups in total. The molecule has 3 unspecified atom stereocenters. The van der Waals surface area contributed by atoms with Crippen LogP contribution in [0.4, 0.5) is 0 Å². The Bertz CT molecular complexity index is 317. The predicted octanol–water partition coefficient (Wildman–Crippen LogP) is 1.70. The fourth-order valence-corrected chi connectivity index (χ4v) is 3.30. The molecule has 2 rings (SSSR count). The van der Waals surface area contributed by atoms with Crippen LogP contribution in [-0.2, 0) is 9.53 Å². The highest BCUT2D eigenvalue weighted by molar-refractivity contribution is 5.79. The first-order valence-corrected chi connectivity index (χ1v) is 7.67. The minimum atomic E-state index is 0.0525. The van der Waals surface area contributed by atoms with Gasteiger partial charge in [-0.15, -0.1) is 0 Å². The fraction of sp³-hybridized carbons (Fsp3) is 0.933. The first kappa shape index (κ1) is 14.8. The molecular weight excluding hydrogens is 240 g/mol.